The van der Waals surface area contributed by atoms with Crippen LogP contribution in [0.3, 0.4) is 0 Å². The van der Waals surface area contributed by atoms with Gasteiger partial charge in [0.05, 0.1) is 30.3 Å². The molecule has 0 aliphatic rings. The van der Waals surface area contributed by atoms with Crippen LogP contribution in [0.2, 0.25) is 0 Å². The molecule has 0 aliphatic carbocycles. The number of carbonyl (C=O) groups is 3. The Morgan fingerprint density at radius 3 is 2.35 bits per heavy atom. The number of benzene rings is 1. The molecule has 12 nitrogen and oxygen atoms in total. The fourth-order valence-electron chi connectivity index (χ4n) is 4.07. The first-order valence-corrected chi connectivity index (χ1v) is 13.5. The number of aliphatic imine (C=N–C) groups is 2. The van der Waals surface area contributed by atoms with Gasteiger partial charge in [0.1, 0.15) is 5.84 Å². The zero-order valence-corrected chi connectivity index (χ0v) is 24.9. The average Bonchev–Trinajstić information content (AvgIpc) is 3.01. The van der Waals surface area contributed by atoms with Gasteiger partial charge in [-0.2, -0.15) is 0 Å². The van der Waals surface area contributed by atoms with Crippen LogP contribution in [-0.4, -0.2) is 84.2 Å². The summed E-state index contributed by atoms with van der Waals surface area (Å²) in [7, 11) is 3.82. The molecule has 0 aliphatic heterocycles. The van der Waals surface area contributed by atoms with E-state index in [-0.39, 0.29) is 25.0 Å². The van der Waals surface area contributed by atoms with E-state index < -0.39 is 0 Å². The Morgan fingerprint density at radius 1 is 1.09 bits per heavy atom. The number of rotatable bonds is 13. The fraction of sp³-hybridized carbons (Fsp3) is 0.258. The van der Waals surface area contributed by atoms with E-state index in [1.807, 2.05) is 69.2 Å². The molecule has 2 aromatic heterocycles. The van der Waals surface area contributed by atoms with Gasteiger partial charge in [-0.1, -0.05) is 18.7 Å². The number of likely N-dealkylation sites (N-methyl/N-ethyl adjacent to an activating group) is 1. The zero-order valence-electron chi connectivity index (χ0n) is 24.9. The third-order valence-corrected chi connectivity index (χ3v) is 6.05. The molecule has 0 saturated carbocycles. The Balaban J connectivity index is 0.00000206. The van der Waals surface area contributed by atoms with Crippen molar-refractivity contribution in [2.75, 3.05) is 37.0 Å². The summed E-state index contributed by atoms with van der Waals surface area (Å²) in [5.41, 5.74) is 3.17. The van der Waals surface area contributed by atoms with Crippen LogP contribution in [0.5, 0.6) is 0 Å². The highest BCUT2D eigenvalue weighted by Gasteiger charge is 2.18. The third-order valence-electron chi connectivity index (χ3n) is 6.05. The number of hydrogen-bond acceptors (Lipinski definition) is 8. The summed E-state index contributed by atoms with van der Waals surface area (Å²) < 4.78 is 0. The molecule has 12 heteroatoms. The summed E-state index contributed by atoms with van der Waals surface area (Å²) in [6, 6.07) is 14.8. The summed E-state index contributed by atoms with van der Waals surface area (Å²) in [4.78, 5) is 55.8. The summed E-state index contributed by atoms with van der Waals surface area (Å²) in [6.45, 7) is 8.08. The molecule has 43 heavy (non-hydrogen) atoms. The van der Waals surface area contributed by atoms with E-state index in [1.54, 1.807) is 35.6 Å². The van der Waals surface area contributed by atoms with Crippen LogP contribution < -0.4 is 15.1 Å². The molecule has 0 bridgehead atoms. The van der Waals surface area contributed by atoms with Gasteiger partial charge in [0, 0.05) is 51.0 Å². The Morgan fingerprint density at radius 2 is 1.77 bits per heavy atom. The van der Waals surface area contributed by atoms with Crippen molar-refractivity contribution in [2.45, 2.75) is 26.3 Å². The topological polar surface area (TPSA) is 144 Å². The van der Waals surface area contributed by atoms with Crippen molar-refractivity contribution in [1.29, 1.82) is 0 Å². The predicted molar refractivity (Wildman–Crippen MR) is 170 cm³/mol. The van der Waals surface area contributed by atoms with E-state index in [9.17, 15) is 9.59 Å². The Kier molecular flexibility index (Phi) is 14.3. The van der Waals surface area contributed by atoms with Gasteiger partial charge in [0.25, 0.3) is 12.4 Å². The van der Waals surface area contributed by atoms with Gasteiger partial charge in [-0.3, -0.25) is 29.3 Å². The van der Waals surface area contributed by atoms with Crippen molar-refractivity contribution in [1.82, 2.24) is 20.2 Å². The molecule has 1 aromatic carbocycles. The molecule has 2 N–H and O–H groups in total. The number of hydrogen-bond donors (Lipinski definition) is 2. The lowest BCUT2D eigenvalue weighted by atomic mass is 10.1. The highest BCUT2D eigenvalue weighted by Crippen LogP contribution is 2.30. The second-order valence-electron chi connectivity index (χ2n) is 9.28. The number of nitrogens with zero attached hydrogens (tertiary/aromatic N) is 7. The summed E-state index contributed by atoms with van der Waals surface area (Å²) >= 11 is 0. The average molecular weight is 587 g/mol. The van der Waals surface area contributed by atoms with Crippen molar-refractivity contribution in [2.24, 2.45) is 9.98 Å². The van der Waals surface area contributed by atoms with E-state index in [4.69, 9.17) is 14.9 Å². The number of amidine groups is 1. The van der Waals surface area contributed by atoms with Crippen molar-refractivity contribution < 1.29 is 19.5 Å². The fourth-order valence-corrected chi connectivity index (χ4v) is 4.07. The summed E-state index contributed by atoms with van der Waals surface area (Å²) in [5.74, 6) is 1.07. The minimum atomic E-state index is -0.250. The van der Waals surface area contributed by atoms with Gasteiger partial charge >= 0.3 is 0 Å². The van der Waals surface area contributed by atoms with E-state index in [1.165, 1.54) is 17.4 Å². The molecule has 0 saturated heterocycles. The summed E-state index contributed by atoms with van der Waals surface area (Å²) in [6.07, 6.45) is 9.22. The van der Waals surface area contributed by atoms with E-state index in [0.29, 0.717) is 35.9 Å². The molecular formula is C31H38N8O4. The molecule has 3 aromatic rings. The smallest absolute Gasteiger partial charge is 0.290 e. The minimum absolute atomic E-state index is 0.0986. The van der Waals surface area contributed by atoms with Crippen LogP contribution in [0.4, 0.5) is 17.2 Å². The van der Waals surface area contributed by atoms with Crippen LogP contribution in [0.15, 0.2) is 89.9 Å². The maximum absolute atomic E-state index is 13.0. The van der Waals surface area contributed by atoms with Gasteiger partial charge in [-0.15, -0.1) is 0 Å². The predicted octanol–water partition coefficient (Wildman–Crippen LogP) is 3.79. The van der Waals surface area contributed by atoms with Crippen molar-refractivity contribution in [3.8, 4) is 0 Å². The molecule has 0 unspecified atom stereocenters. The van der Waals surface area contributed by atoms with Gasteiger partial charge in [0.15, 0.2) is 5.82 Å². The van der Waals surface area contributed by atoms with E-state index in [2.05, 4.69) is 26.9 Å². The minimum Gasteiger partial charge on any atom is -0.483 e. The third kappa shape index (κ3) is 10.5. The lowest BCUT2D eigenvalue weighted by Crippen LogP contribution is -2.41. The molecule has 0 spiro atoms. The number of carbonyl (C=O) groups excluding carboxylic acids is 2. The first kappa shape index (κ1) is 33.8. The Bertz CT molecular complexity index is 1380. The number of amides is 2. The van der Waals surface area contributed by atoms with E-state index in [0.717, 1.165) is 17.7 Å². The van der Waals surface area contributed by atoms with Crippen LogP contribution in [0.25, 0.3) is 0 Å². The number of carboxylic acid groups (broad SMARTS) is 1. The number of aromatic nitrogens is 2. The SMILES string of the molecule is C=CN=CNC(CN(CC)C(=O)c1ccncc1)=N[C@H](C)Cc1ccc(N(C=O)c2ncccc2N(C)C)cc1.O=CO. The van der Waals surface area contributed by atoms with Crippen LogP contribution in [0, 0.1) is 0 Å². The standard InChI is InChI=1S/C30H36N8O2.CH2O2/c1-6-31-21-34-28(20-37(7-2)30(40)25-14-17-32-18-15-25)35-23(3)19-24-10-12-26(13-11-24)38(22-39)29-27(36(4)5)9-8-16-33-29;2-1-3/h6,8-18,21-23H,1,7,19-20H2,2-5H3,(H,31,34,35);1H,(H,2,3)/t23-;/m1./s1. The molecule has 2 heterocycles. The molecule has 3 rings (SSSR count). The number of nitrogens with one attached hydrogen (secondary N) is 1. The molecule has 1 atom stereocenters. The zero-order chi connectivity index (χ0) is 31.6. The lowest BCUT2D eigenvalue weighted by molar-refractivity contribution is -0.122. The Labute approximate surface area is 252 Å². The van der Waals surface area contributed by atoms with Gasteiger partial charge in [-0.05, 0) is 62.2 Å². The largest absolute Gasteiger partial charge is 0.483 e. The van der Waals surface area contributed by atoms with Crippen LogP contribution >= 0.6 is 0 Å². The van der Waals surface area contributed by atoms with Crippen molar-refractivity contribution in [3.05, 3.63) is 91.0 Å². The first-order valence-electron chi connectivity index (χ1n) is 13.5. The van der Waals surface area contributed by atoms with Crippen molar-refractivity contribution >= 4 is 48.2 Å². The second kappa shape index (κ2) is 18.1. The normalized spacial score (nSPS) is 11.5. The van der Waals surface area contributed by atoms with Crippen LogP contribution in [-0.2, 0) is 16.0 Å². The molecular weight excluding hydrogens is 548 g/mol. The Hall–Kier alpha value is -5.39. The first-order chi connectivity index (χ1) is 20.8. The van der Waals surface area contributed by atoms with Gasteiger partial charge in [-0.25, -0.2) is 9.98 Å². The maximum atomic E-state index is 13.0. The number of pyridine rings is 2. The number of anilines is 3. The van der Waals surface area contributed by atoms with Gasteiger partial charge in [0.2, 0.25) is 6.41 Å². The highest BCUT2D eigenvalue weighted by molar-refractivity contribution is 5.99. The highest BCUT2D eigenvalue weighted by atomic mass is 16.3. The maximum Gasteiger partial charge on any atom is 0.290 e. The van der Waals surface area contributed by atoms with E-state index >= 15 is 0 Å². The molecule has 0 radical (unpaired) electrons. The monoisotopic (exact) mass is 586 g/mol. The molecule has 226 valence electrons. The van der Waals surface area contributed by atoms with Gasteiger partial charge < -0.3 is 20.2 Å². The molecule has 2 amide bonds. The second-order valence-corrected chi connectivity index (χ2v) is 9.28. The van der Waals surface area contributed by atoms with Crippen molar-refractivity contribution in [3.63, 3.8) is 0 Å². The molecule has 0 fully saturated rings. The lowest BCUT2D eigenvalue weighted by Gasteiger charge is -2.23. The van der Waals surface area contributed by atoms with Crippen LogP contribution in [0.1, 0.15) is 29.8 Å². The quantitative estimate of drug-likeness (QED) is 0.175. The summed E-state index contributed by atoms with van der Waals surface area (Å²) in [5, 5.41) is 9.99.